The van der Waals surface area contributed by atoms with Crippen LogP contribution >= 0.6 is 11.6 Å². The van der Waals surface area contributed by atoms with Crippen LogP contribution in [-0.2, 0) is 0 Å². The molecule has 1 aliphatic rings. The van der Waals surface area contributed by atoms with Crippen LogP contribution in [0.3, 0.4) is 0 Å². The van der Waals surface area contributed by atoms with E-state index in [1.807, 2.05) is 6.92 Å². The Balaban J connectivity index is 2.03. The summed E-state index contributed by atoms with van der Waals surface area (Å²) in [5.41, 5.74) is 3.97. The van der Waals surface area contributed by atoms with Gasteiger partial charge in [0.25, 0.3) is 5.91 Å². The summed E-state index contributed by atoms with van der Waals surface area (Å²) in [7, 11) is 0. The van der Waals surface area contributed by atoms with Crippen molar-refractivity contribution in [2.45, 2.75) is 19.8 Å². The quantitative estimate of drug-likeness (QED) is 0.636. The van der Waals surface area contributed by atoms with Gasteiger partial charge in [-0.1, -0.05) is 23.7 Å². The Morgan fingerprint density at radius 3 is 2.75 bits per heavy atom. The Labute approximate surface area is 99.5 Å². The molecule has 1 fully saturated rings. The van der Waals surface area contributed by atoms with E-state index < -0.39 is 0 Å². The number of nitrogens with zero attached hydrogens (tertiary/aromatic N) is 1. The van der Waals surface area contributed by atoms with Crippen molar-refractivity contribution in [1.29, 1.82) is 0 Å². The van der Waals surface area contributed by atoms with Gasteiger partial charge in [0.05, 0.1) is 10.6 Å². The van der Waals surface area contributed by atoms with Gasteiger partial charge in [-0.2, -0.15) is 5.10 Å². The molecule has 16 heavy (non-hydrogen) atoms. The molecule has 0 saturated heterocycles. The summed E-state index contributed by atoms with van der Waals surface area (Å²) in [6, 6.07) is 6.93. The van der Waals surface area contributed by atoms with Crippen LogP contribution in [0.15, 0.2) is 29.4 Å². The van der Waals surface area contributed by atoms with Gasteiger partial charge in [0.15, 0.2) is 0 Å². The fraction of sp³-hybridized carbons (Fsp3) is 0.333. The number of halogens is 1. The maximum absolute atomic E-state index is 11.7. The van der Waals surface area contributed by atoms with Crippen LogP contribution in [0.25, 0.3) is 0 Å². The highest BCUT2D eigenvalue weighted by atomic mass is 35.5. The van der Waals surface area contributed by atoms with Gasteiger partial charge in [0, 0.05) is 5.71 Å². The minimum absolute atomic E-state index is 0.259. The minimum Gasteiger partial charge on any atom is -0.267 e. The Morgan fingerprint density at radius 1 is 1.44 bits per heavy atom. The van der Waals surface area contributed by atoms with Gasteiger partial charge >= 0.3 is 0 Å². The molecule has 0 radical (unpaired) electrons. The lowest BCUT2D eigenvalue weighted by Gasteiger charge is -2.03. The largest absolute Gasteiger partial charge is 0.272 e. The number of hydrazone groups is 1. The lowest BCUT2D eigenvalue weighted by atomic mass is 10.2. The molecule has 3 nitrogen and oxygen atoms in total. The summed E-state index contributed by atoms with van der Waals surface area (Å²) in [5, 5.41) is 4.51. The van der Waals surface area contributed by atoms with Crippen molar-refractivity contribution in [1.82, 2.24) is 5.43 Å². The number of rotatable bonds is 3. The third-order valence-electron chi connectivity index (χ3n) is 2.62. The standard InChI is InChI=1S/C12H13ClN2O/c1-8(9-6-7-9)14-15-12(16)10-4-2-3-5-11(10)13/h2-5,9H,6-7H2,1H3,(H,15,16)/b14-8-. The van der Waals surface area contributed by atoms with Crippen molar-refractivity contribution in [3.05, 3.63) is 34.9 Å². The topological polar surface area (TPSA) is 41.5 Å². The highest BCUT2D eigenvalue weighted by Crippen LogP contribution is 2.30. The third-order valence-corrected chi connectivity index (χ3v) is 2.95. The Hall–Kier alpha value is -1.35. The highest BCUT2D eigenvalue weighted by Gasteiger charge is 2.24. The number of carbonyl (C=O) groups is 1. The average molecular weight is 237 g/mol. The van der Waals surface area contributed by atoms with Gasteiger partial charge < -0.3 is 0 Å². The van der Waals surface area contributed by atoms with Gasteiger partial charge in [-0.05, 0) is 37.8 Å². The molecular formula is C12H13ClN2O. The van der Waals surface area contributed by atoms with E-state index in [0.717, 1.165) is 5.71 Å². The summed E-state index contributed by atoms with van der Waals surface area (Å²) in [4.78, 5) is 11.7. The number of hydrogen-bond donors (Lipinski definition) is 1. The normalized spacial score (nSPS) is 16.0. The average Bonchev–Trinajstić information content (AvgIpc) is 3.10. The molecule has 0 atom stereocenters. The van der Waals surface area contributed by atoms with E-state index >= 15 is 0 Å². The molecule has 1 aromatic rings. The van der Waals surface area contributed by atoms with Gasteiger partial charge in [0.2, 0.25) is 0 Å². The van der Waals surface area contributed by atoms with E-state index in [0.29, 0.717) is 16.5 Å². The van der Waals surface area contributed by atoms with Crippen molar-refractivity contribution in [2.24, 2.45) is 11.0 Å². The molecule has 0 unspecified atom stereocenters. The molecule has 1 amide bonds. The first-order valence-electron chi connectivity index (χ1n) is 5.27. The van der Waals surface area contributed by atoms with Crippen molar-refractivity contribution < 1.29 is 4.79 Å². The summed E-state index contributed by atoms with van der Waals surface area (Å²) in [6.07, 6.45) is 2.36. The number of benzene rings is 1. The van der Waals surface area contributed by atoms with Gasteiger partial charge in [-0.25, -0.2) is 5.43 Å². The fourth-order valence-electron chi connectivity index (χ4n) is 1.44. The van der Waals surface area contributed by atoms with Crippen LogP contribution in [0.4, 0.5) is 0 Å². The lowest BCUT2D eigenvalue weighted by Crippen LogP contribution is -2.19. The first-order valence-corrected chi connectivity index (χ1v) is 5.65. The zero-order valence-corrected chi connectivity index (χ0v) is 9.79. The van der Waals surface area contributed by atoms with Crippen molar-refractivity contribution in [2.75, 3.05) is 0 Å². The van der Waals surface area contributed by atoms with Gasteiger partial charge in [0.1, 0.15) is 0 Å². The minimum atomic E-state index is -0.259. The van der Waals surface area contributed by atoms with E-state index in [-0.39, 0.29) is 5.91 Å². The maximum atomic E-state index is 11.7. The van der Waals surface area contributed by atoms with E-state index in [9.17, 15) is 4.79 Å². The van der Waals surface area contributed by atoms with Crippen LogP contribution < -0.4 is 5.43 Å². The van der Waals surface area contributed by atoms with Crippen LogP contribution in [0.5, 0.6) is 0 Å². The summed E-state index contributed by atoms with van der Waals surface area (Å²) < 4.78 is 0. The number of hydrogen-bond acceptors (Lipinski definition) is 2. The second-order valence-electron chi connectivity index (χ2n) is 3.95. The zero-order chi connectivity index (χ0) is 11.5. The summed E-state index contributed by atoms with van der Waals surface area (Å²) in [5.74, 6) is 0.303. The summed E-state index contributed by atoms with van der Waals surface area (Å²) >= 11 is 5.90. The summed E-state index contributed by atoms with van der Waals surface area (Å²) in [6.45, 7) is 1.94. The van der Waals surface area contributed by atoms with Crippen LogP contribution in [0.2, 0.25) is 5.02 Å². The lowest BCUT2D eigenvalue weighted by molar-refractivity contribution is 0.0955. The molecule has 0 aromatic heterocycles. The van der Waals surface area contributed by atoms with E-state index in [4.69, 9.17) is 11.6 Å². The Bertz CT molecular complexity index is 438. The van der Waals surface area contributed by atoms with E-state index in [1.165, 1.54) is 12.8 Å². The molecule has 1 saturated carbocycles. The number of nitrogens with one attached hydrogen (secondary N) is 1. The van der Waals surface area contributed by atoms with Crippen LogP contribution in [-0.4, -0.2) is 11.6 Å². The third kappa shape index (κ3) is 2.61. The van der Waals surface area contributed by atoms with Crippen LogP contribution in [0, 0.1) is 5.92 Å². The fourth-order valence-corrected chi connectivity index (χ4v) is 1.66. The number of carbonyl (C=O) groups excluding carboxylic acids is 1. The van der Waals surface area contributed by atoms with Crippen molar-refractivity contribution in [3.8, 4) is 0 Å². The van der Waals surface area contributed by atoms with E-state index in [2.05, 4.69) is 10.5 Å². The van der Waals surface area contributed by atoms with Crippen LogP contribution in [0.1, 0.15) is 30.1 Å². The first-order chi connectivity index (χ1) is 7.68. The molecule has 0 bridgehead atoms. The zero-order valence-electron chi connectivity index (χ0n) is 9.03. The monoisotopic (exact) mass is 236 g/mol. The molecule has 1 aromatic carbocycles. The highest BCUT2D eigenvalue weighted by molar-refractivity contribution is 6.33. The molecule has 0 aliphatic heterocycles. The number of amides is 1. The maximum Gasteiger partial charge on any atom is 0.272 e. The molecule has 0 heterocycles. The Kier molecular flexibility index (Phi) is 3.25. The molecular weight excluding hydrogens is 224 g/mol. The Morgan fingerprint density at radius 2 is 2.12 bits per heavy atom. The molecule has 1 N–H and O–H groups in total. The molecule has 84 valence electrons. The molecule has 2 rings (SSSR count). The van der Waals surface area contributed by atoms with Crippen molar-refractivity contribution in [3.63, 3.8) is 0 Å². The predicted octanol–water partition coefficient (Wildman–Crippen LogP) is 2.86. The van der Waals surface area contributed by atoms with Gasteiger partial charge in [-0.15, -0.1) is 0 Å². The second kappa shape index (κ2) is 4.66. The SMILES string of the molecule is C/C(=N/NC(=O)c1ccccc1Cl)C1CC1. The molecule has 0 spiro atoms. The second-order valence-corrected chi connectivity index (χ2v) is 4.36. The van der Waals surface area contributed by atoms with Crippen molar-refractivity contribution >= 4 is 23.2 Å². The van der Waals surface area contributed by atoms with Gasteiger partial charge in [-0.3, -0.25) is 4.79 Å². The predicted molar refractivity (Wildman–Crippen MR) is 64.8 cm³/mol. The smallest absolute Gasteiger partial charge is 0.267 e. The molecule has 1 aliphatic carbocycles. The first kappa shape index (κ1) is 11.1. The molecule has 4 heteroatoms. The van der Waals surface area contributed by atoms with E-state index in [1.54, 1.807) is 24.3 Å².